The maximum atomic E-state index is 13.0. The third-order valence-corrected chi connectivity index (χ3v) is 4.40. The number of hydrogen-bond donors (Lipinski definition) is 1. The minimum Gasteiger partial charge on any atom is -0.466 e. The van der Waals surface area contributed by atoms with Gasteiger partial charge in [0.2, 0.25) is 0 Å². The number of aromatic nitrogens is 1. The van der Waals surface area contributed by atoms with E-state index in [1.807, 2.05) is 13.0 Å². The molecule has 2 heterocycles. The highest BCUT2D eigenvalue weighted by Gasteiger charge is 2.34. The SMILES string of the molecule is COC(=O)C1=C(C(=O)OC)N(c2ccccc2C(=O)Nc2cccc(C)n2)COC1. The zero-order valence-electron chi connectivity index (χ0n) is 16.8. The van der Waals surface area contributed by atoms with E-state index in [1.165, 1.54) is 19.1 Å². The molecule has 0 fully saturated rings. The number of ether oxygens (including phenoxy) is 3. The largest absolute Gasteiger partial charge is 0.466 e. The highest BCUT2D eigenvalue weighted by atomic mass is 16.5. The lowest BCUT2D eigenvalue weighted by atomic mass is 10.1. The molecule has 1 aliphatic rings. The van der Waals surface area contributed by atoms with Crippen molar-refractivity contribution in [3.8, 4) is 0 Å². The normalized spacial score (nSPS) is 13.6. The standard InChI is InChI=1S/C21H21N3O6/c1-13-7-6-10-17(22-13)23-19(25)14-8-4-5-9-16(14)24-12-30-11-15(20(26)28-2)18(24)21(27)29-3/h4-10H,11-12H2,1-3H3,(H,22,23,25). The van der Waals surface area contributed by atoms with Crippen LogP contribution < -0.4 is 10.2 Å². The van der Waals surface area contributed by atoms with Crippen molar-refractivity contribution in [1.29, 1.82) is 0 Å². The minimum atomic E-state index is -0.741. The van der Waals surface area contributed by atoms with Crippen molar-refractivity contribution in [2.45, 2.75) is 6.92 Å². The van der Waals surface area contributed by atoms with Crippen LogP contribution in [0, 0.1) is 6.92 Å². The lowest BCUT2D eigenvalue weighted by Gasteiger charge is -2.32. The van der Waals surface area contributed by atoms with Gasteiger partial charge in [0.15, 0.2) is 0 Å². The summed E-state index contributed by atoms with van der Waals surface area (Å²) in [5, 5.41) is 2.74. The Morgan fingerprint density at radius 3 is 2.47 bits per heavy atom. The smallest absolute Gasteiger partial charge is 0.355 e. The number of methoxy groups -OCH3 is 2. The molecule has 0 saturated carbocycles. The van der Waals surface area contributed by atoms with Gasteiger partial charge in [0.05, 0.1) is 37.7 Å². The number of nitrogens with zero attached hydrogens (tertiary/aromatic N) is 2. The molecule has 0 saturated heterocycles. The summed E-state index contributed by atoms with van der Waals surface area (Å²) in [5.41, 5.74) is 1.35. The van der Waals surface area contributed by atoms with Gasteiger partial charge in [0.1, 0.15) is 18.2 Å². The van der Waals surface area contributed by atoms with Crippen molar-refractivity contribution < 1.29 is 28.6 Å². The predicted octanol–water partition coefficient (Wildman–Crippen LogP) is 2.04. The van der Waals surface area contributed by atoms with Gasteiger partial charge in [-0.3, -0.25) is 4.79 Å². The van der Waals surface area contributed by atoms with Gasteiger partial charge in [0.25, 0.3) is 5.91 Å². The quantitative estimate of drug-likeness (QED) is 0.745. The maximum Gasteiger partial charge on any atom is 0.355 e. The number of aryl methyl sites for hydroxylation is 1. The second-order valence-electron chi connectivity index (χ2n) is 6.35. The highest BCUT2D eigenvalue weighted by Crippen LogP contribution is 2.30. The second kappa shape index (κ2) is 9.19. The number of hydrogen-bond acceptors (Lipinski definition) is 8. The molecule has 0 spiro atoms. The summed E-state index contributed by atoms with van der Waals surface area (Å²) in [6.45, 7) is 1.64. The number of rotatable bonds is 5. The third kappa shape index (κ3) is 4.31. The summed E-state index contributed by atoms with van der Waals surface area (Å²) < 4.78 is 15.1. The Labute approximate surface area is 173 Å². The highest BCUT2D eigenvalue weighted by molar-refractivity contribution is 6.10. The molecule has 3 rings (SSSR count). The van der Waals surface area contributed by atoms with Gasteiger partial charge in [-0.05, 0) is 31.2 Å². The molecule has 1 amide bonds. The molecule has 0 radical (unpaired) electrons. The summed E-state index contributed by atoms with van der Waals surface area (Å²) in [6.07, 6.45) is 0. The average molecular weight is 411 g/mol. The second-order valence-corrected chi connectivity index (χ2v) is 6.35. The Kier molecular flexibility index (Phi) is 6.43. The van der Waals surface area contributed by atoms with Crippen LogP contribution in [0.4, 0.5) is 11.5 Å². The monoisotopic (exact) mass is 411 g/mol. The molecule has 0 atom stereocenters. The molecule has 1 aromatic carbocycles. The number of pyridine rings is 1. The molecular formula is C21H21N3O6. The van der Waals surface area contributed by atoms with Crippen LogP contribution in [0.5, 0.6) is 0 Å². The van der Waals surface area contributed by atoms with E-state index in [0.717, 1.165) is 5.69 Å². The topological polar surface area (TPSA) is 107 Å². The predicted molar refractivity (Wildman–Crippen MR) is 108 cm³/mol. The number of amides is 1. The summed E-state index contributed by atoms with van der Waals surface area (Å²) in [7, 11) is 2.42. The third-order valence-electron chi connectivity index (χ3n) is 4.40. The first-order valence-electron chi connectivity index (χ1n) is 9.05. The molecule has 0 bridgehead atoms. The zero-order chi connectivity index (χ0) is 21.7. The number of carbonyl (C=O) groups excluding carboxylic acids is 3. The van der Waals surface area contributed by atoms with Crippen LogP contribution in [-0.2, 0) is 23.8 Å². The molecule has 1 N–H and O–H groups in total. The summed E-state index contributed by atoms with van der Waals surface area (Å²) in [6, 6.07) is 11.9. The Balaban J connectivity index is 2.04. The van der Waals surface area contributed by atoms with Gasteiger partial charge in [-0.25, -0.2) is 14.6 Å². The first kappa shape index (κ1) is 21.0. The Hall–Kier alpha value is -3.72. The first-order valence-corrected chi connectivity index (χ1v) is 9.05. The van der Waals surface area contributed by atoms with Gasteiger partial charge in [-0.1, -0.05) is 18.2 Å². The van der Waals surface area contributed by atoms with Crippen LogP contribution in [-0.4, -0.2) is 50.4 Å². The van der Waals surface area contributed by atoms with E-state index < -0.39 is 17.8 Å². The molecule has 9 heteroatoms. The number of esters is 2. The van der Waals surface area contributed by atoms with E-state index in [9.17, 15) is 14.4 Å². The zero-order valence-corrected chi connectivity index (χ0v) is 16.8. The maximum absolute atomic E-state index is 13.0. The van der Waals surface area contributed by atoms with E-state index in [-0.39, 0.29) is 30.2 Å². The number of anilines is 2. The fourth-order valence-corrected chi connectivity index (χ4v) is 3.03. The van der Waals surface area contributed by atoms with E-state index in [4.69, 9.17) is 14.2 Å². The van der Waals surface area contributed by atoms with Crippen LogP contribution in [0.15, 0.2) is 53.7 Å². The molecular weight excluding hydrogens is 390 g/mol. The van der Waals surface area contributed by atoms with Crippen molar-refractivity contribution in [2.75, 3.05) is 37.8 Å². The number of nitrogens with one attached hydrogen (secondary N) is 1. The molecule has 1 aliphatic heterocycles. The number of benzene rings is 1. The molecule has 0 aliphatic carbocycles. The summed E-state index contributed by atoms with van der Waals surface area (Å²) >= 11 is 0. The fourth-order valence-electron chi connectivity index (χ4n) is 3.03. The van der Waals surface area contributed by atoms with Crippen molar-refractivity contribution in [1.82, 2.24) is 4.98 Å². The molecule has 1 aromatic heterocycles. The Morgan fingerprint density at radius 2 is 1.77 bits per heavy atom. The van der Waals surface area contributed by atoms with Crippen LogP contribution in [0.25, 0.3) is 0 Å². The van der Waals surface area contributed by atoms with Crippen LogP contribution in [0.1, 0.15) is 16.1 Å². The summed E-state index contributed by atoms with van der Waals surface area (Å²) in [5.74, 6) is -1.50. The van der Waals surface area contributed by atoms with Gasteiger partial charge >= 0.3 is 11.9 Å². The average Bonchev–Trinajstić information content (AvgIpc) is 2.77. The Bertz CT molecular complexity index is 1020. The van der Waals surface area contributed by atoms with E-state index in [0.29, 0.717) is 11.5 Å². The van der Waals surface area contributed by atoms with Crippen LogP contribution in [0.2, 0.25) is 0 Å². The summed E-state index contributed by atoms with van der Waals surface area (Å²) in [4.78, 5) is 43.3. The van der Waals surface area contributed by atoms with Crippen molar-refractivity contribution in [3.05, 3.63) is 65.0 Å². The van der Waals surface area contributed by atoms with E-state index in [1.54, 1.807) is 36.4 Å². The van der Waals surface area contributed by atoms with Gasteiger partial charge in [0, 0.05) is 5.69 Å². The lowest BCUT2D eigenvalue weighted by molar-refractivity contribution is -0.140. The molecule has 0 unspecified atom stereocenters. The van der Waals surface area contributed by atoms with Crippen LogP contribution >= 0.6 is 0 Å². The minimum absolute atomic E-state index is 0.00571. The van der Waals surface area contributed by atoms with Gasteiger partial charge in [-0.2, -0.15) is 0 Å². The molecule has 2 aromatic rings. The lowest BCUT2D eigenvalue weighted by Crippen LogP contribution is -2.39. The fraction of sp³-hybridized carbons (Fsp3) is 0.238. The van der Waals surface area contributed by atoms with E-state index in [2.05, 4.69) is 10.3 Å². The van der Waals surface area contributed by atoms with Crippen molar-refractivity contribution in [2.24, 2.45) is 0 Å². The van der Waals surface area contributed by atoms with Crippen molar-refractivity contribution in [3.63, 3.8) is 0 Å². The van der Waals surface area contributed by atoms with Gasteiger partial charge < -0.3 is 24.4 Å². The number of carbonyl (C=O) groups is 3. The van der Waals surface area contributed by atoms with Gasteiger partial charge in [-0.15, -0.1) is 0 Å². The molecule has 9 nitrogen and oxygen atoms in total. The first-order chi connectivity index (χ1) is 14.5. The number of para-hydroxylation sites is 1. The molecule has 30 heavy (non-hydrogen) atoms. The van der Waals surface area contributed by atoms with Crippen LogP contribution in [0.3, 0.4) is 0 Å². The Morgan fingerprint density at radius 1 is 1.03 bits per heavy atom. The van der Waals surface area contributed by atoms with Crippen molar-refractivity contribution >= 4 is 29.4 Å². The molecule has 156 valence electrons. The van der Waals surface area contributed by atoms with E-state index >= 15 is 0 Å².